The lowest BCUT2D eigenvalue weighted by Gasteiger charge is -2.23. The van der Waals surface area contributed by atoms with Crippen LogP contribution in [-0.4, -0.2) is 57.3 Å². The van der Waals surface area contributed by atoms with Crippen molar-refractivity contribution in [2.75, 3.05) is 47.7 Å². The van der Waals surface area contributed by atoms with Crippen molar-refractivity contribution in [1.82, 2.24) is 0 Å². The van der Waals surface area contributed by atoms with Crippen LogP contribution in [0.15, 0.2) is 18.2 Å². The summed E-state index contributed by atoms with van der Waals surface area (Å²) in [6, 6.07) is 5.35. The van der Waals surface area contributed by atoms with E-state index < -0.39 is 0 Å². The Hall–Kier alpha value is -0.470. The van der Waals surface area contributed by atoms with Gasteiger partial charge in [0, 0.05) is 0 Å². The van der Waals surface area contributed by atoms with Crippen molar-refractivity contribution in [2.24, 2.45) is 0 Å². The molecule has 0 atom stereocenters. The number of hydrogen-bond donors (Lipinski definition) is 0. The molecule has 20 heavy (non-hydrogen) atoms. The summed E-state index contributed by atoms with van der Waals surface area (Å²) in [4.78, 5) is 12.2. The molecule has 0 aliphatic carbocycles. The summed E-state index contributed by atoms with van der Waals surface area (Å²) < 4.78 is 11.3. The Morgan fingerprint density at radius 3 is 2.35 bits per heavy atom. The fourth-order valence-electron chi connectivity index (χ4n) is 1.54. The molecule has 0 heterocycles. The molecule has 0 saturated carbocycles. The summed E-state index contributed by atoms with van der Waals surface area (Å²) in [5.74, 6) is 1.87. The topological polar surface area (TPSA) is 35.5 Å². The molecular formula is C14H22INO3S. The summed E-state index contributed by atoms with van der Waals surface area (Å²) >= 11 is 1.32. The van der Waals surface area contributed by atoms with Crippen molar-refractivity contribution >= 4 is 16.9 Å². The van der Waals surface area contributed by atoms with Crippen LogP contribution in [-0.2, 0) is 0 Å². The van der Waals surface area contributed by atoms with E-state index in [1.165, 1.54) is 11.8 Å². The monoisotopic (exact) mass is 411 g/mol. The number of halogens is 1. The highest BCUT2D eigenvalue weighted by Gasteiger charge is 2.17. The zero-order valence-electron chi connectivity index (χ0n) is 12.6. The molecule has 1 aromatic carbocycles. The second-order valence-electron chi connectivity index (χ2n) is 5.19. The van der Waals surface area contributed by atoms with Gasteiger partial charge in [-0.1, -0.05) is 17.8 Å². The molecule has 0 radical (unpaired) electrons. The predicted molar refractivity (Wildman–Crippen MR) is 79.2 cm³/mol. The van der Waals surface area contributed by atoms with Gasteiger partial charge in [-0.15, -0.1) is 0 Å². The van der Waals surface area contributed by atoms with E-state index in [9.17, 15) is 4.79 Å². The molecular weight excluding hydrogens is 389 g/mol. The number of methoxy groups -OCH3 is 2. The Labute approximate surface area is 142 Å². The molecule has 0 fully saturated rings. The molecule has 6 heteroatoms. The maximum Gasteiger partial charge on any atom is 0.223 e. The third-order valence-corrected chi connectivity index (χ3v) is 3.49. The number of hydrogen-bond acceptors (Lipinski definition) is 4. The zero-order chi connectivity index (χ0) is 14.5. The third-order valence-electron chi connectivity index (χ3n) is 2.62. The van der Waals surface area contributed by atoms with Crippen molar-refractivity contribution in [3.05, 3.63) is 23.8 Å². The Balaban J connectivity index is 0.00000361. The summed E-state index contributed by atoms with van der Waals surface area (Å²) in [6.45, 7) is 0.933. The molecule has 0 N–H and O–H groups in total. The SMILES string of the molecule is COc1cccc(C(=O)SCC[N+](C)(C)C)c1OC.[I-]. The van der Waals surface area contributed by atoms with E-state index in [-0.39, 0.29) is 29.1 Å². The molecule has 0 unspecified atom stereocenters. The van der Waals surface area contributed by atoms with Gasteiger partial charge in [0.05, 0.1) is 53.2 Å². The minimum Gasteiger partial charge on any atom is -1.00 e. The van der Waals surface area contributed by atoms with E-state index in [2.05, 4.69) is 21.1 Å². The number of carbonyl (C=O) groups excluding carboxylic acids is 1. The highest BCUT2D eigenvalue weighted by atomic mass is 127. The van der Waals surface area contributed by atoms with Crippen molar-refractivity contribution < 1.29 is 42.7 Å². The van der Waals surface area contributed by atoms with Crippen molar-refractivity contribution in [1.29, 1.82) is 0 Å². The van der Waals surface area contributed by atoms with Crippen LogP contribution in [0.3, 0.4) is 0 Å². The number of carbonyl (C=O) groups is 1. The lowest BCUT2D eigenvalue weighted by Crippen LogP contribution is -3.00. The number of nitrogens with zero attached hydrogens (tertiary/aromatic N) is 1. The van der Waals surface area contributed by atoms with Crippen LogP contribution in [0.25, 0.3) is 0 Å². The van der Waals surface area contributed by atoms with Crippen molar-refractivity contribution in [3.63, 3.8) is 0 Å². The van der Waals surface area contributed by atoms with Gasteiger partial charge >= 0.3 is 0 Å². The summed E-state index contributed by atoms with van der Waals surface area (Å²) in [5.41, 5.74) is 0.563. The second-order valence-corrected chi connectivity index (χ2v) is 6.26. The number of ether oxygens (including phenoxy) is 2. The van der Waals surface area contributed by atoms with E-state index in [4.69, 9.17) is 9.47 Å². The van der Waals surface area contributed by atoms with Gasteiger partial charge < -0.3 is 37.9 Å². The molecule has 1 rings (SSSR count). The number of thioether (sulfide) groups is 1. The van der Waals surface area contributed by atoms with Gasteiger partial charge in [0.25, 0.3) is 0 Å². The first kappa shape index (κ1) is 19.5. The normalized spacial score (nSPS) is 10.7. The van der Waals surface area contributed by atoms with Crippen LogP contribution < -0.4 is 33.5 Å². The van der Waals surface area contributed by atoms with Crippen LogP contribution >= 0.6 is 11.8 Å². The van der Waals surface area contributed by atoms with Crippen molar-refractivity contribution in [3.8, 4) is 11.5 Å². The fraction of sp³-hybridized carbons (Fsp3) is 0.500. The highest BCUT2D eigenvalue weighted by Crippen LogP contribution is 2.32. The lowest BCUT2D eigenvalue weighted by molar-refractivity contribution is -0.867. The molecule has 0 aliphatic rings. The van der Waals surface area contributed by atoms with E-state index >= 15 is 0 Å². The van der Waals surface area contributed by atoms with Crippen LogP contribution in [0.1, 0.15) is 10.4 Å². The average molecular weight is 411 g/mol. The molecule has 0 aliphatic heterocycles. The lowest BCUT2D eigenvalue weighted by atomic mass is 10.2. The zero-order valence-corrected chi connectivity index (χ0v) is 15.6. The molecule has 0 aromatic heterocycles. The van der Waals surface area contributed by atoms with Gasteiger partial charge in [-0.25, -0.2) is 0 Å². The Kier molecular flexibility index (Phi) is 8.53. The van der Waals surface area contributed by atoms with Gasteiger partial charge in [-0.3, -0.25) is 4.79 Å². The van der Waals surface area contributed by atoms with E-state index in [0.29, 0.717) is 17.1 Å². The van der Waals surface area contributed by atoms with Gasteiger partial charge in [0.15, 0.2) is 11.5 Å². The first-order valence-electron chi connectivity index (χ1n) is 6.07. The number of quaternary nitrogens is 1. The van der Waals surface area contributed by atoms with Gasteiger partial charge in [0.2, 0.25) is 5.12 Å². The molecule has 114 valence electrons. The molecule has 0 spiro atoms. The Morgan fingerprint density at radius 1 is 1.20 bits per heavy atom. The fourth-order valence-corrected chi connectivity index (χ4v) is 2.68. The standard InChI is InChI=1S/C14H22NO3S.HI/c1-15(2,3)9-10-19-14(16)11-7-6-8-12(17-4)13(11)18-5;/h6-8H,9-10H2,1-5H3;1H/q+1;/p-1. The molecule has 4 nitrogen and oxygen atoms in total. The Bertz CT molecular complexity index is 447. The van der Waals surface area contributed by atoms with Crippen LogP contribution in [0.2, 0.25) is 0 Å². The molecule has 0 bridgehead atoms. The van der Waals surface area contributed by atoms with Crippen molar-refractivity contribution in [2.45, 2.75) is 0 Å². The quantitative estimate of drug-likeness (QED) is 0.458. The van der Waals surface area contributed by atoms with Crippen LogP contribution in [0, 0.1) is 0 Å². The van der Waals surface area contributed by atoms with E-state index in [1.807, 2.05) is 0 Å². The molecule has 1 aromatic rings. The summed E-state index contributed by atoms with van der Waals surface area (Å²) in [7, 11) is 9.44. The maximum atomic E-state index is 12.2. The molecule has 0 amide bonds. The Morgan fingerprint density at radius 2 is 1.85 bits per heavy atom. The number of para-hydroxylation sites is 1. The molecule has 0 saturated heterocycles. The maximum absolute atomic E-state index is 12.2. The minimum absolute atomic E-state index is 0. The first-order valence-corrected chi connectivity index (χ1v) is 7.06. The summed E-state index contributed by atoms with van der Waals surface area (Å²) in [5, 5.41) is 0.0178. The van der Waals surface area contributed by atoms with Crippen LogP contribution in [0.5, 0.6) is 11.5 Å². The largest absolute Gasteiger partial charge is 1.00 e. The minimum atomic E-state index is 0. The summed E-state index contributed by atoms with van der Waals surface area (Å²) in [6.07, 6.45) is 0. The highest BCUT2D eigenvalue weighted by molar-refractivity contribution is 8.14. The van der Waals surface area contributed by atoms with Gasteiger partial charge in [-0.2, -0.15) is 0 Å². The average Bonchev–Trinajstić information content (AvgIpc) is 2.35. The second kappa shape index (κ2) is 8.74. The third kappa shape index (κ3) is 5.88. The van der Waals surface area contributed by atoms with Gasteiger partial charge in [0.1, 0.15) is 0 Å². The van der Waals surface area contributed by atoms with E-state index in [0.717, 1.165) is 16.8 Å². The smallest absolute Gasteiger partial charge is 0.223 e. The van der Waals surface area contributed by atoms with Crippen LogP contribution in [0.4, 0.5) is 0 Å². The first-order chi connectivity index (χ1) is 8.89. The number of rotatable bonds is 6. The number of benzene rings is 1. The predicted octanol–water partition coefficient (Wildman–Crippen LogP) is -0.713. The van der Waals surface area contributed by atoms with Gasteiger partial charge in [-0.05, 0) is 12.1 Å². The van der Waals surface area contributed by atoms with E-state index in [1.54, 1.807) is 32.4 Å².